The van der Waals surface area contributed by atoms with Crippen molar-refractivity contribution in [2.75, 3.05) is 33.2 Å². The van der Waals surface area contributed by atoms with Crippen molar-refractivity contribution in [3.05, 3.63) is 29.3 Å². The first kappa shape index (κ1) is 27.3. The Labute approximate surface area is 195 Å². The SMILES string of the molecule is CCOC(=O)COP(=O)(OCOc1c(C(C)C)cccc1C(C)C1CC1)OCC(=O)OCC. The lowest BCUT2D eigenvalue weighted by Crippen LogP contribution is -2.17. The molecule has 9 nitrogen and oxygen atoms in total. The average Bonchev–Trinajstić information content (AvgIpc) is 3.62. The molecule has 1 aliphatic carbocycles. The van der Waals surface area contributed by atoms with E-state index in [0.29, 0.717) is 17.6 Å². The third-order valence-electron chi connectivity index (χ3n) is 5.22. The van der Waals surface area contributed by atoms with E-state index in [0.717, 1.165) is 11.1 Å². The van der Waals surface area contributed by atoms with Crippen LogP contribution in [-0.2, 0) is 37.2 Å². The molecule has 1 unspecified atom stereocenters. The minimum atomic E-state index is -4.32. The van der Waals surface area contributed by atoms with Crippen molar-refractivity contribution >= 4 is 19.8 Å². The zero-order valence-electron chi connectivity index (χ0n) is 20.0. The molecule has 0 N–H and O–H groups in total. The zero-order chi connectivity index (χ0) is 24.4. The van der Waals surface area contributed by atoms with Gasteiger partial charge in [-0.15, -0.1) is 0 Å². The molecule has 0 bridgehead atoms. The number of para-hydroxylation sites is 1. The molecule has 1 aromatic rings. The fourth-order valence-corrected chi connectivity index (χ4v) is 4.27. The molecule has 1 saturated carbocycles. The summed E-state index contributed by atoms with van der Waals surface area (Å²) in [6, 6.07) is 6.02. The van der Waals surface area contributed by atoms with Gasteiger partial charge in [-0.3, -0.25) is 9.05 Å². The zero-order valence-corrected chi connectivity index (χ0v) is 20.9. The van der Waals surface area contributed by atoms with Crippen LogP contribution < -0.4 is 4.74 Å². The summed E-state index contributed by atoms with van der Waals surface area (Å²) in [7, 11) is -4.32. The quantitative estimate of drug-likeness (QED) is 0.193. The van der Waals surface area contributed by atoms with Gasteiger partial charge in [-0.25, -0.2) is 18.7 Å². The number of hydrogen-bond donors (Lipinski definition) is 0. The summed E-state index contributed by atoms with van der Waals surface area (Å²) in [4.78, 5) is 23.3. The summed E-state index contributed by atoms with van der Waals surface area (Å²) < 4.78 is 43.9. The number of phosphoric acid groups is 1. The lowest BCUT2D eigenvalue weighted by Gasteiger charge is -2.23. The Kier molecular flexibility index (Phi) is 10.8. The molecular formula is C23H35O9P. The van der Waals surface area contributed by atoms with Gasteiger partial charge >= 0.3 is 19.8 Å². The second kappa shape index (κ2) is 13.1. The summed E-state index contributed by atoms with van der Waals surface area (Å²) in [6.45, 7) is 8.02. The van der Waals surface area contributed by atoms with Crippen molar-refractivity contribution in [3.8, 4) is 5.75 Å². The van der Waals surface area contributed by atoms with Crippen LogP contribution in [0.1, 0.15) is 70.4 Å². The molecule has 10 heteroatoms. The predicted octanol–water partition coefficient (Wildman–Crippen LogP) is 4.94. The van der Waals surface area contributed by atoms with E-state index in [-0.39, 0.29) is 19.1 Å². The van der Waals surface area contributed by atoms with Gasteiger partial charge in [0.25, 0.3) is 0 Å². The minimum absolute atomic E-state index is 0.133. The molecule has 33 heavy (non-hydrogen) atoms. The van der Waals surface area contributed by atoms with Crippen LogP contribution in [0.15, 0.2) is 18.2 Å². The first-order chi connectivity index (χ1) is 15.7. The normalized spacial score (nSPS) is 14.7. The van der Waals surface area contributed by atoms with E-state index in [4.69, 9.17) is 27.8 Å². The molecule has 0 heterocycles. The molecule has 0 aromatic heterocycles. The number of phosphoric ester groups is 1. The van der Waals surface area contributed by atoms with Crippen molar-refractivity contribution in [1.29, 1.82) is 0 Å². The highest BCUT2D eigenvalue weighted by molar-refractivity contribution is 7.48. The molecule has 0 radical (unpaired) electrons. The van der Waals surface area contributed by atoms with Gasteiger partial charge in [0, 0.05) is 0 Å². The monoisotopic (exact) mass is 486 g/mol. The standard InChI is InChI=1S/C23H35O9P/c1-6-27-21(24)13-30-33(26,31-14-22(25)28-7-2)32-15-29-23-19(16(3)4)9-8-10-20(23)17(5)18-11-12-18/h8-10,16-18H,6-7,11-15H2,1-5H3. The van der Waals surface area contributed by atoms with Gasteiger partial charge in [0.15, 0.2) is 20.0 Å². The largest absolute Gasteiger partial charge is 0.478 e. The molecule has 2 rings (SSSR count). The Bertz CT molecular complexity index is 809. The topological polar surface area (TPSA) is 107 Å². The van der Waals surface area contributed by atoms with Crippen LogP contribution in [0.5, 0.6) is 5.75 Å². The number of carbonyl (C=O) groups excluding carboxylic acids is 2. The molecule has 0 spiro atoms. The Balaban J connectivity index is 2.11. The number of hydrogen-bond acceptors (Lipinski definition) is 9. The second-order valence-corrected chi connectivity index (χ2v) is 9.71. The first-order valence-electron chi connectivity index (χ1n) is 11.3. The number of benzene rings is 1. The Morgan fingerprint density at radius 1 is 0.939 bits per heavy atom. The van der Waals surface area contributed by atoms with Crippen LogP contribution in [-0.4, -0.2) is 45.2 Å². The molecular weight excluding hydrogens is 451 g/mol. The van der Waals surface area contributed by atoms with Gasteiger partial charge in [-0.1, -0.05) is 39.0 Å². The summed E-state index contributed by atoms with van der Waals surface area (Å²) in [5.74, 6) is 0.307. The predicted molar refractivity (Wildman–Crippen MR) is 121 cm³/mol. The highest BCUT2D eigenvalue weighted by Gasteiger charge is 2.33. The van der Waals surface area contributed by atoms with Crippen molar-refractivity contribution < 1.29 is 41.9 Å². The fourth-order valence-electron chi connectivity index (χ4n) is 3.33. The molecule has 1 aromatic carbocycles. The van der Waals surface area contributed by atoms with E-state index < -0.39 is 39.8 Å². The number of esters is 2. The Morgan fingerprint density at radius 2 is 1.48 bits per heavy atom. The van der Waals surface area contributed by atoms with Gasteiger partial charge in [0.1, 0.15) is 5.75 Å². The van der Waals surface area contributed by atoms with Gasteiger partial charge in [0.05, 0.1) is 13.2 Å². The van der Waals surface area contributed by atoms with Crippen molar-refractivity contribution in [2.45, 2.75) is 59.3 Å². The van der Waals surface area contributed by atoms with Gasteiger partial charge in [-0.2, -0.15) is 0 Å². The van der Waals surface area contributed by atoms with E-state index in [1.165, 1.54) is 12.8 Å². The van der Waals surface area contributed by atoms with Crippen LogP contribution in [0.4, 0.5) is 0 Å². The summed E-state index contributed by atoms with van der Waals surface area (Å²) in [5, 5.41) is 0. The Morgan fingerprint density at radius 3 is 1.97 bits per heavy atom. The maximum atomic E-state index is 13.0. The first-order valence-corrected chi connectivity index (χ1v) is 12.8. The number of carbonyl (C=O) groups is 2. The van der Waals surface area contributed by atoms with Crippen LogP contribution in [0, 0.1) is 5.92 Å². The molecule has 1 aliphatic rings. The highest BCUT2D eigenvalue weighted by atomic mass is 31.2. The highest BCUT2D eigenvalue weighted by Crippen LogP contribution is 2.50. The molecule has 186 valence electrons. The second-order valence-electron chi connectivity index (χ2n) is 8.04. The van der Waals surface area contributed by atoms with Gasteiger partial charge in [-0.05, 0) is 55.6 Å². The van der Waals surface area contributed by atoms with Crippen molar-refractivity contribution in [2.24, 2.45) is 5.92 Å². The third kappa shape index (κ3) is 8.74. The van der Waals surface area contributed by atoms with E-state index in [1.54, 1.807) is 13.8 Å². The van der Waals surface area contributed by atoms with Crippen LogP contribution >= 0.6 is 7.82 Å². The Hall–Kier alpha value is -1.93. The summed E-state index contributed by atoms with van der Waals surface area (Å²) >= 11 is 0. The lowest BCUT2D eigenvalue weighted by molar-refractivity contribution is -0.147. The van der Waals surface area contributed by atoms with Crippen molar-refractivity contribution in [1.82, 2.24) is 0 Å². The van der Waals surface area contributed by atoms with Crippen LogP contribution in [0.2, 0.25) is 0 Å². The van der Waals surface area contributed by atoms with E-state index in [1.807, 2.05) is 18.2 Å². The third-order valence-corrected chi connectivity index (χ3v) is 6.54. The van der Waals surface area contributed by atoms with E-state index >= 15 is 0 Å². The summed E-state index contributed by atoms with van der Waals surface area (Å²) in [6.07, 6.45) is 2.36. The smallest absolute Gasteiger partial charge is 0.466 e. The van der Waals surface area contributed by atoms with Crippen molar-refractivity contribution in [3.63, 3.8) is 0 Å². The summed E-state index contributed by atoms with van der Waals surface area (Å²) in [5.41, 5.74) is 2.06. The van der Waals surface area contributed by atoms with Gasteiger partial charge < -0.3 is 14.2 Å². The van der Waals surface area contributed by atoms with E-state index in [9.17, 15) is 14.2 Å². The number of rotatable bonds is 15. The molecule has 1 atom stereocenters. The fraction of sp³-hybridized carbons (Fsp3) is 0.652. The van der Waals surface area contributed by atoms with Crippen LogP contribution in [0.25, 0.3) is 0 Å². The van der Waals surface area contributed by atoms with E-state index in [2.05, 4.69) is 20.8 Å². The van der Waals surface area contributed by atoms with Crippen LogP contribution in [0.3, 0.4) is 0 Å². The molecule has 0 amide bonds. The maximum Gasteiger partial charge on any atom is 0.478 e. The lowest BCUT2D eigenvalue weighted by atomic mass is 9.90. The average molecular weight is 486 g/mol. The minimum Gasteiger partial charge on any atom is -0.466 e. The molecule has 0 saturated heterocycles. The van der Waals surface area contributed by atoms with Gasteiger partial charge in [0.2, 0.25) is 0 Å². The molecule has 1 fully saturated rings. The molecule has 0 aliphatic heterocycles. The number of ether oxygens (including phenoxy) is 3. The maximum absolute atomic E-state index is 13.0.